The minimum absolute atomic E-state index is 0.899. The number of hydrogen-bond donors (Lipinski definition) is 0. The monoisotopic (exact) mass is 804 g/mol. The number of benzene rings is 7. The molecule has 6 heteroatoms. The predicted molar refractivity (Wildman–Crippen MR) is 259 cm³/mol. The second-order valence-corrected chi connectivity index (χ2v) is 16.1. The molecule has 13 rings (SSSR count). The molecule has 0 aliphatic carbocycles. The van der Waals surface area contributed by atoms with Crippen LogP contribution in [0.15, 0.2) is 219 Å². The van der Waals surface area contributed by atoms with Gasteiger partial charge in [0.1, 0.15) is 11.0 Å². The second-order valence-electron chi connectivity index (χ2n) is 16.1. The molecule has 6 heterocycles. The molecule has 63 heavy (non-hydrogen) atoms. The van der Waals surface area contributed by atoms with Crippen molar-refractivity contribution in [2.24, 2.45) is 0 Å². The van der Waals surface area contributed by atoms with Crippen LogP contribution in [0.1, 0.15) is 0 Å². The van der Waals surface area contributed by atoms with Gasteiger partial charge in [-0.2, -0.15) is 0 Å². The van der Waals surface area contributed by atoms with Crippen molar-refractivity contribution in [3.8, 4) is 50.7 Å². The molecule has 13 aromatic rings. The standard InChI is InChI=1S/C57H36N6/c1-3-14-37(15-4-1)48-35-43(36-49(60-48)38-16-5-2-6-17-38)63-50-22-9-7-20-44(50)46-28-26-40(33-55(46)63)39-27-29-52-47(32-39)45-21-8-10-23-51(45)61(52)41-18-11-19-42(34-41)62-53-24-12-30-58-56(53)57-54(62)25-13-31-59-57/h1-36H. The number of rotatable bonds is 6. The Bertz CT molecular complexity index is 3800. The van der Waals surface area contributed by atoms with Gasteiger partial charge in [-0.1, -0.05) is 121 Å². The molecule has 0 fully saturated rings. The average Bonchev–Trinajstić information content (AvgIpc) is 4.00. The van der Waals surface area contributed by atoms with Crippen LogP contribution in [-0.4, -0.2) is 28.7 Å². The fraction of sp³-hybridized carbons (Fsp3) is 0. The highest BCUT2D eigenvalue weighted by atomic mass is 15.0. The number of hydrogen-bond acceptors (Lipinski definition) is 3. The third-order valence-corrected chi connectivity index (χ3v) is 12.5. The van der Waals surface area contributed by atoms with Crippen molar-refractivity contribution in [1.82, 2.24) is 28.7 Å². The van der Waals surface area contributed by atoms with Crippen LogP contribution in [0.4, 0.5) is 0 Å². The zero-order valence-corrected chi connectivity index (χ0v) is 34.0. The minimum Gasteiger partial charge on any atom is -0.309 e. The van der Waals surface area contributed by atoms with Gasteiger partial charge in [-0.15, -0.1) is 0 Å². The molecule has 6 nitrogen and oxygen atoms in total. The highest BCUT2D eigenvalue weighted by Crippen LogP contribution is 2.40. The smallest absolute Gasteiger partial charge is 0.115 e. The van der Waals surface area contributed by atoms with Crippen LogP contribution in [0.5, 0.6) is 0 Å². The maximum absolute atomic E-state index is 5.21. The van der Waals surface area contributed by atoms with Crippen LogP contribution in [0.25, 0.3) is 116 Å². The summed E-state index contributed by atoms with van der Waals surface area (Å²) in [5.74, 6) is 0. The van der Waals surface area contributed by atoms with E-state index >= 15 is 0 Å². The molecular weight excluding hydrogens is 769 g/mol. The molecule has 0 saturated carbocycles. The lowest BCUT2D eigenvalue weighted by atomic mass is 10.0. The summed E-state index contributed by atoms with van der Waals surface area (Å²) in [6.07, 6.45) is 3.68. The van der Waals surface area contributed by atoms with Gasteiger partial charge in [0.15, 0.2) is 0 Å². The molecule has 0 bridgehead atoms. The zero-order chi connectivity index (χ0) is 41.4. The van der Waals surface area contributed by atoms with E-state index in [0.717, 1.165) is 94.8 Å². The molecule has 0 spiro atoms. The van der Waals surface area contributed by atoms with Crippen molar-refractivity contribution < 1.29 is 0 Å². The predicted octanol–water partition coefficient (Wildman–Crippen LogP) is 14.2. The molecule has 0 unspecified atom stereocenters. The molecule has 294 valence electrons. The molecule has 0 atom stereocenters. The maximum Gasteiger partial charge on any atom is 0.115 e. The van der Waals surface area contributed by atoms with Crippen molar-refractivity contribution in [2.45, 2.75) is 0 Å². The Morgan fingerprint density at radius 3 is 1.38 bits per heavy atom. The lowest BCUT2D eigenvalue weighted by Gasteiger charge is -2.14. The van der Waals surface area contributed by atoms with E-state index in [0.29, 0.717) is 0 Å². The summed E-state index contributed by atoms with van der Waals surface area (Å²) in [4.78, 5) is 14.7. The first-order valence-corrected chi connectivity index (χ1v) is 21.3. The first kappa shape index (κ1) is 35.2. The molecule has 0 saturated heterocycles. The lowest BCUT2D eigenvalue weighted by molar-refractivity contribution is 1.13. The minimum atomic E-state index is 0.899. The maximum atomic E-state index is 5.21. The van der Waals surface area contributed by atoms with Gasteiger partial charge in [-0.05, 0) is 96.1 Å². The largest absolute Gasteiger partial charge is 0.309 e. The van der Waals surface area contributed by atoms with Crippen LogP contribution in [0, 0.1) is 0 Å². The summed E-state index contributed by atoms with van der Waals surface area (Å²) in [7, 11) is 0. The number of aromatic nitrogens is 6. The van der Waals surface area contributed by atoms with Crippen LogP contribution >= 0.6 is 0 Å². The van der Waals surface area contributed by atoms with Gasteiger partial charge < -0.3 is 13.7 Å². The fourth-order valence-electron chi connectivity index (χ4n) is 9.72. The van der Waals surface area contributed by atoms with E-state index in [1.807, 2.05) is 24.5 Å². The van der Waals surface area contributed by atoms with Crippen molar-refractivity contribution in [1.29, 1.82) is 0 Å². The first-order valence-electron chi connectivity index (χ1n) is 21.3. The quantitative estimate of drug-likeness (QED) is 0.168. The Morgan fingerprint density at radius 2 is 0.746 bits per heavy atom. The number of fused-ring (bicyclic) bond motifs is 9. The van der Waals surface area contributed by atoms with E-state index in [1.165, 1.54) is 21.5 Å². The van der Waals surface area contributed by atoms with E-state index in [9.17, 15) is 0 Å². The highest BCUT2D eigenvalue weighted by Gasteiger charge is 2.19. The number of nitrogens with zero attached hydrogens (tertiary/aromatic N) is 6. The van der Waals surface area contributed by atoms with Crippen LogP contribution in [0.3, 0.4) is 0 Å². The number of pyridine rings is 3. The normalized spacial score (nSPS) is 11.8. The molecule has 0 N–H and O–H groups in total. The van der Waals surface area contributed by atoms with Crippen molar-refractivity contribution in [3.05, 3.63) is 219 Å². The first-order chi connectivity index (χ1) is 31.2. The average molecular weight is 805 g/mol. The van der Waals surface area contributed by atoms with Crippen molar-refractivity contribution >= 4 is 65.7 Å². The third kappa shape index (κ3) is 5.55. The van der Waals surface area contributed by atoms with Crippen LogP contribution in [-0.2, 0) is 0 Å². The van der Waals surface area contributed by atoms with Gasteiger partial charge in [0, 0.05) is 56.4 Å². The van der Waals surface area contributed by atoms with Crippen LogP contribution < -0.4 is 0 Å². The van der Waals surface area contributed by atoms with E-state index in [1.54, 1.807) is 0 Å². The van der Waals surface area contributed by atoms with Gasteiger partial charge in [0.25, 0.3) is 0 Å². The summed E-state index contributed by atoms with van der Waals surface area (Å²) in [6.45, 7) is 0. The number of para-hydroxylation sites is 2. The zero-order valence-electron chi connectivity index (χ0n) is 34.0. The Balaban J connectivity index is 0.983. The highest BCUT2D eigenvalue weighted by molar-refractivity contribution is 6.13. The van der Waals surface area contributed by atoms with Gasteiger partial charge in [-0.25, -0.2) is 4.98 Å². The van der Waals surface area contributed by atoms with Crippen molar-refractivity contribution in [3.63, 3.8) is 0 Å². The lowest BCUT2D eigenvalue weighted by Crippen LogP contribution is -1.98. The Labute approximate surface area is 362 Å². The van der Waals surface area contributed by atoms with E-state index in [-0.39, 0.29) is 0 Å². The van der Waals surface area contributed by atoms with Crippen molar-refractivity contribution in [2.75, 3.05) is 0 Å². The van der Waals surface area contributed by atoms with E-state index in [4.69, 9.17) is 15.0 Å². The SMILES string of the molecule is c1ccc(-c2cc(-n3c4ccccc4c4ccc(-c5ccc6c(c5)c5ccccc5n6-c5cccc(-n6c7cccnc7c7ncccc76)c5)cc43)cc(-c3ccccc3)n2)cc1. The summed E-state index contributed by atoms with van der Waals surface area (Å²) in [5.41, 5.74) is 18.0. The van der Waals surface area contributed by atoms with Crippen LogP contribution in [0.2, 0.25) is 0 Å². The van der Waals surface area contributed by atoms with Gasteiger partial charge >= 0.3 is 0 Å². The second kappa shape index (κ2) is 14.0. The van der Waals surface area contributed by atoms with Gasteiger partial charge in [0.2, 0.25) is 0 Å². The van der Waals surface area contributed by atoms with Gasteiger partial charge in [-0.3, -0.25) is 9.97 Å². The van der Waals surface area contributed by atoms with E-state index < -0.39 is 0 Å². The molecular formula is C57H36N6. The molecule has 0 aliphatic rings. The molecule has 6 aromatic heterocycles. The Kier molecular flexibility index (Phi) is 7.80. The Hall–Kier alpha value is -8.61. The summed E-state index contributed by atoms with van der Waals surface area (Å²) in [5, 5.41) is 4.83. The molecule has 7 aromatic carbocycles. The summed E-state index contributed by atoms with van der Waals surface area (Å²) in [6, 6.07) is 73.7. The molecule has 0 aliphatic heterocycles. The summed E-state index contributed by atoms with van der Waals surface area (Å²) >= 11 is 0. The fourth-order valence-corrected chi connectivity index (χ4v) is 9.72. The molecule has 0 amide bonds. The third-order valence-electron chi connectivity index (χ3n) is 12.5. The van der Waals surface area contributed by atoms with Gasteiger partial charge in [0.05, 0.1) is 50.2 Å². The molecule has 0 radical (unpaired) electrons. The van der Waals surface area contributed by atoms with E-state index in [2.05, 4.69) is 208 Å². The summed E-state index contributed by atoms with van der Waals surface area (Å²) < 4.78 is 7.07. The topological polar surface area (TPSA) is 53.5 Å². The Morgan fingerprint density at radius 1 is 0.270 bits per heavy atom.